The molecule has 0 aliphatic rings. The van der Waals surface area contributed by atoms with Crippen molar-refractivity contribution in [1.82, 2.24) is 14.5 Å². The summed E-state index contributed by atoms with van der Waals surface area (Å²) in [6, 6.07) is 19.2. The van der Waals surface area contributed by atoms with Crippen LogP contribution < -0.4 is 5.56 Å². The van der Waals surface area contributed by atoms with E-state index >= 15 is 0 Å². The summed E-state index contributed by atoms with van der Waals surface area (Å²) in [5, 5.41) is 11.4. The molecule has 0 aliphatic heterocycles. The molecule has 2 aromatic heterocycles. The van der Waals surface area contributed by atoms with E-state index < -0.39 is 0 Å². The zero-order valence-electron chi connectivity index (χ0n) is 14.1. The maximum absolute atomic E-state index is 13.2. The zero-order valence-corrected chi connectivity index (χ0v) is 14.8. The van der Waals surface area contributed by atoms with E-state index in [1.807, 2.05) is 0 Å². The van der Waals surface area contributed by atoms with Crippen LogP contribution in [0.2, 0.25) is 5.02 Å². The van der Waals surface area contributed by atoms with Crippen molar-refractivity contribution in [3.63, 3.8) is 0 Å². The van der Waals surface area contributed by atoms with E-state index in [2.05, 4.69) is 9.97 Å². The van der Waals surface area contributed by atoms with Crippen molar-refractivity contribution in [2.24, 2.45) is 0 Å². The number of aromatic nitrogens is 3. The van der Waals surface area contributed by atoms with E-state index in [-0.39, 0.29) is 17.1 Å². The Hall–Kier alpha value is -3.44. The fourth-order valence-electron chi connectivity index (χ4n) is 2.82. The Morgan fingerprint density at radius 3 is 2.52 bits per heavy atom. The minimum Gasteiger partial charge on any atom is -0.506 e. The van der Waals surface area contributed by atoms with Gasteiger partial charge in [0.2, 0.25) is 0 Å². The predicted molar refractivity (Wildman–Crippen MR) is 107 cm³/mol. The lowest BCUT2D eigenvalue weighted by molar-refractivity contribution is 0.512. The summed E-state index contributed by atoms with van der Waals surface area (Å²) in [6.45, 7) is 0. The lowest BCUT2D eigenvalue weighted by Gasteiger charge is -2.13. The molecular formula is C21H14ClN3O2. The van der Waals surface area contributed by atoms with Crippen molar-refractivity contribution >= 4 is 34.3 Å². The van der Waals surface area contributed by atoms with Crippen LogP contribution in [0.25, 0.3) is 28.4 Å². The second-order valence-electron chi connectivity index (χ2n) is 5.82. The lowest BCUT2D eigenvalue weighted by Crippen LogP contribution is -2.22. The fourth-order valence-corrected chi connectivity index (χ4v) is 3.04. The molecule has 2 heterocycles. The highest BCUT2D eigenvalue weighted by Gasteiger charge is 2.14. The van der Waals surface area contributed by atoms with E-state index in [0.29, 0.717) is 27.3 Å². The number of aliphatic hydroxyl groups is 1. The molecule has 0 aliphatic carbocycles. The van der Waals surface area contributed by atoms with Gasteiger partial charge in [0.15, 0.2) is 0 Å². The summed E-state index contributed by atoms with van der Waals surface area (Å²) in [5.41, 5.74) is 1.13. The van der Waals surface area contributed by atoms with Gasteiger partial charge in [-0.15, -0.1) is 0 Å². The predicted octanol–water partition coefficient (Wildman–Crippen LogP) is 4.49. The Labute approximate surface area is 159 Å². The van der Waals surface area contributed by atoms with Crippen LogP contribution in [-0.2, 0) is 0 Å². The summed E-state index contributed by atoms with van der Waals surface area (Å²) in [4.78, 5) is 21.8. The maximum atomic E-state index is 13.2. The average Bonchev–Trinajstić information content (AvgIpc) is 2.70. The van der Waals surface area contributed by atoms with E-state index in [1.54, 1.807) is 72.9 Å². The normalized spacial score (nSPS) is 11.7. The van der Waals surface area contributed by atoms with Crippen molar-refractivity contribution in [2.75, 3.05) is 0 Å². The highest BCUT2D eigenvalue weighted by atomic mass is 35.5. The van der Waals surface area contributed by atoms with Gasteiger partial charge in [-0.25, -0.2) is 4.98 Å². The van der Waals surface area contributed by atoms with Crippen LogP contribution in [0.15, 0.2) is 77.7 Å². The van der Waals surface area contributed by atoms with E-state index in [0.717, 1.165) is 0 Å². The molecule has 0 saturated heterocycles. The second kappa shape index (κ2) is 7.05. The summed E-state index contributed by atoms with van der Waals surface area (Å²) >= 11 is 6.32. The number of hydrogen-bond acceptors (Lipinski definition) is 4. The molecular weight excluding hydrogens is 362 g/mol. The first-order valence-corrected chi connectivity index (χ1v) is 8.62. The van der Waals surface area contributed by atoms with Crippen LogP contribution in [0.3, 0.4) is 0 Å². The third-order valence-corrected chi connectivity index (χ3v) is 4.41. The third kappa shape index (κ3) is 3.20. The Morgan fingerprint density at radius 2 is 1.74 bits per heavy atom. The van der Waals surface area contributed by atoms with Crippen LogP contribution in [0.4, 0.5) is 0 Å². The molecule has 0 fully saturated rings. The smallest absolute Gasteiger partial charge is 0.266 e. The third-order valence-electron chi connectivity index (χ3n) is 4.09. The number of nitrogens with zero attached hydrogens (tertiary/aromatic N) is 3. The van der Waals surface area contributed by atoms with Gasteiger partial charge in [-0.1, -0.05) is 41.9 Å². The zero-order chi connectivity index (χ0) is 18.8. The number of hydrogen-bond donors (Lipinski definition) is 1. The Morgan fingerprint density at radius 1 is 1.00 bits per heavy atom. The first-order chi connectivity index (χ1) is 13.1. The summed E-state index contributed by atoms with van der Waals surface area (Å²) in [7, 11) is 0. The van der Waals surface area contributed by atoms with Gasteiger partial charge in [-0.05, 0) is 36.4 Å². The van der Waals surface area contributed by atoms with E-state index in [1.165, 1.54) is 10.6 Å². The minimum atomic E-state index is -0.270. The molecule has 0 unspecified atom stereocenters. The highest BCUT2D eigenvalue weighted by Crippen LogP contribution is 2.22. The van der Waals surface area contributed by atoms with Gasteiger partial charge in [0.05, 0.1) is 21.6 Å². The van der Waals surface area contributed by atoms with E-state index in [4.69, 9.17) is 11.6 Å². The molecule has 0 amide bonds. The Balaban J connectivity index is 2.03. The summed E-state index contributed by atoms with van der Waals surface area (Å²) in [5.74, 6) is 0.161. The molecule has 5 nitrogen and oxygen atoms in total. The molecule has 132 valence electrons. The van der Waals surface area contributed by atoms with Crippen LogP contribution in [0, 0.1) is 0 Å². The van der Waals surface area contributed by atoms with Gasteiger partial charge in [0.25, 0.3) is 5.56 Å². The average molecular weight is 376 g/mol. The van der Waals surface area contributed by atoms with Gasteiger partial charge < -0.3 is 5.11 Å². The number of para-hydroxylation sites is 2. The molecule has 0 spiro atoms. The van der Waals surface area contributed by atoms with Gasteiger partial charge in [0.1, 0.15) is 17.3 Å². The van der Waals surface area contributed by atoms with Gasteiger partial charge >= 0.3 is 0 Å². The summed E-state index contributed by atoms with van der Waals surface area (Å²) in [6.07, 6.45) is 2.99. The SMILES string of the molecule is O=c1c2ccccc2nc(/C=C(\O)c2ccccn2)n1-c1ccccc1Cl. The van der Waals surface area contributed by atoms with Crippen molar-refractivity contribution in [2.45, 2.75) is 0 Å². The van der Waals surface area contributed by atoms with Gasteiger partial charge in [-0.2, -0.15) is 0 Å². The van der Waals surface area contributed by atoms with Crippen LogP contribution in [0.1, 0.15) is 11.5 Å². The van der Waals surface area contributed by atoms with Crippen molar-refractivity contribution in [3.8, 4) is 5.69 Å². The molecule has 2 aromatic carbocycles. The van der Waals surface area contributed by atoms with Crippen molar-refractivity contribution in [1.29, 1.82) is 0 Å². The topological polar surface area (TPSA) is 68.0 Å². The molecule has 27 heavy (non-hydrogen) atoms. The summed E-state index contributed by atoms with van der Waals surface area (Å²) < 4.78 is 1.39. The Bertz CT molecular complexity index is 1220. The molecule has 6 heteroatoms. The largest absolute Gasteiger partial charge is 0.506 e. The Kier molecular flexibility index (Phi) is 4.44. The van der Waals surface area contributed by atoms with Crippen molar-refractivity contribution in [3.05, 3.63) is 99.8 Å². The first-order valence-electron chi connectivity index (χ1n) is 8.24. The number of benzene rings is 2. The molecule has 4 aromatic rings. The van der Waals surface area contributed by atoms with E-state index in [9.17, 15) is 9.90 Å². The first kappa shape index (κ1) is 17.0. The maximum Gasteiger partial charge on any atom is 0.266 e. The fraction of sp³-hybridized carbons (Fsp3) is 0. The minimum absolute atomic E-state index is 0.0985. The number of fused-ring (bicyclic) bond motifs is 1. The molecule has 0 atom stereocenters. The molecule has 1 N–H and O–H groups in total. The van der Waals surface area contributed by atoms with Crippen LogP contribution >= 0.6 is 11.6 Å². The number of aliphatic hydroxyl groups excluding tert-OH is 1. The quantitative estimate of drug-likeness (QED) is 0.536. The highest BCUT2D eigenvalue weighted by molar-refractivity contribution is 6.32. The molecule has 0 bridgehead atoms. The monoisotopic (exact) mass is 375 g/mol. The number of rotatable bonds is 3. The number of halogens is 1. The van der Waals surface area contributed by atoms with Crippen LogP contribution in [0.5, 0.6) is 0 Å². The second-order valence-corrected chi connectivity index (χ2v) is 6.23. The molecule has 0 saturated carbocycles. The van der Waals surface area contributed by atoms with Crippen LogP contribution in [-0.4, -0.2) is 19.6 Å². The molecule has 0 radical (unpaired) electrons. The van der Waals surface area contributed by atoms with Gasteiger partial charge in [0, 0.05) is 12.3 Å². The van der Waals surface area contributed by atoms with Gasteiger partial charge in [-0.3, -0.25) is 14.3 Å². The number of pyridine rings is 1. The van der Waals surface area contributed by atoms with Crippen molar-refractivity contribution < 1.29 is 5.11 Å². The molecule has 4 rings (SSSR count). The lowest BCUT2D eigenvalue weighted by atomic mass is 10.2. The standard InChI is InChI=1S/C21H14ClN3O2/c22-15-8-2-4-11-18(15)25-20(13-19(26)17-10-5-6-12-23-17)24-16-9-3-1-7-14(16)21(25)27/h1-13,26H/b19-13-.